The van der Waals surface area contributed by atoms with Gasteiger partial charge in [0.2, 0.25) is 0 Å². The minimum atomic E-state index is -1.15. The molecule has 0 saturated carbocycles. The first-order chi connectivity index (χ1) is 6.63. The number of benzene rings is 1. The van der Waals surface area contributed by atoms with Crippen molar-refractivity contribution in [3.63, 3.8) is 0 Å². The molecule has 0 aliphatic rings. The summed E-state index contributed by atoms with van der Waals surface area (Å²) >= 11 is 4.90. The number of hydrogen-bond acceptors (Lipinski definition) is 4. The molecule has 0 bridgehead atoms. The highest BCUT2D eigenvalue weighted by atomic mass is 35.5. The smallest absolute Gasteiger partial charge is 0.396 e. The van der Waals surface area contributed by atoms with Gasteiger partial charge in [-0.1, -0.05) is 0 Å². The Labute approximate surface area is 85.4 Å². The highest BCUT2D eigenvalue weighted by Crippen LogP contribution is 2.17. The van der Waals surface area contributed by atoms with Gasteiger partial charge < -0.3 is 9.47 Å². The minimum absolute atomic E-state index is 0.241. The molecular formula is C9H7ClO4. The third-order valence-electron chi connectivity index (χ3n) is 1.43. The van der Waals surface area contributed by atoms with Crippen molar-refractivity contribution in [1.82, 2.24) is 0 Å². The number of hydrogen-bond donors (Lipinski definition) is 0. The van der Waals surface area contributed by atoms with Gasteiger partial charge in [-0.2, -0.15) is 0 Å². The highest BCUT2D eigenvalue weighted by molar-refractivity contribution is 6.80. The van der Waals surface area contributed by atoms with Crippen molar-refractivity contribution in [2.24, 2.45) is 0 Å². The van der Waals surface area contributed by atoms with E-state index in [-0.39, 0.29) is 5.75 Å². The molecule has 0 aromatic heterocycles. The van der Waals surface area contributed by atoms with Crippen LogP contribution in [-0.2, 0) is 9.59 Å². The third-order valence-corrected chi connectivity index (χ3v) is 1.58. The molecule has 14 heavy (non-hydrogen) atoms. The van der Waals surface area contributed by atoms with Crippen LogP contribution in [0.5, 0.6) is 11.5 Å². The Bertz CT molecular complexity index is 344. The van der Waals surface area contributed by atoms with E-state index in [0.29, 0.717) is 5.75 Å². The molecule has 74 valence electrons. The molecule has 0 spiro atoms. The molecule has 0 fully saturated rings. The van der Waals surface area contributed by atoms with Gasteiger partial charge >= 0.3 is 11.2 Å². The summed E-state index contributed by atoms with van der Waals surface area (Å²) in [5, 5.41) is -1.15. The molecule has 0 saturated heterocycles. The van der Waals surface area contributed by atoms with Crippen LogP contribution in [0.1, 0.15) is 0 Å². The lowest BCUT2D eigenvalue weighted by Gasteiger charge is -2.02. The molecule has 1 aromatic carbocycles. The van der Waals surface area contributed by atoms with Crippen molar-refractivity contribution in [2.75, 3.05) is 7.11 Å². The van der Waals surface area contributed by atoms with Gasteiger partial charge in [-0.25, -0.2) is 4.79 Å². The number of halogens is 1. The minimum Gasteiger partial charge on any atom is -0.497 e. The van der Waals surface area contributed by atoms with E-state index in [2.05, 4.69) is 4.74 Å². The summed E-state index contributed by atoms with van der Waals surface area (Å²) in [5.74, 6) is -0.233. The van der Waals surface area contributed by atoms with Crippen molar-refractivity contribution in [3.8, 4) is 11.5 Å². The Kier molecular flexibility index (Phi) is 3.48. The van der Waals surface area contributed by atoms with Gasteiger partial charge in [0.05, 0.1) is 7.11 Å². The summed E-state index contributed by atoms with van der Waals surface area (Å²) in [6.45, 7) is 0. The molecule has 0 unspecified atom stereocenters. The maximum absolute atomic E-state index is 10.7. The standard InChI is InChI=1S/C9H7ClO4/c1-13-6-2-4-7(5-3-6)14-9(12)8(10)11/h2-5H,1H3. The second kappa shape index (κ2) is 4.62. The predicted molar refractivity (Wildman–Crippen MR) is 49.5 cm³/mol. The molecule has 0 radical (unpaired) electrons. The fourth-order valence-electron chi connectivity index (χ4n) is 0.791. The topological polar surface area (TPSA) is 52.6 Å². The predicted octanol–water partition coefficient (Wildman–Crippen LogP) is 1.37. The van der Waals surface area contributed by atoms with Crippen molar-refractivity contribution >= 4 is 22.8 Å². The molecule has 0 heterocycles. The molecular weight excluding hydrogens is 208 g/mol. The summed E-state index contributed by atoms with van der Waals surface area (Å²) in [4.78, 5) is 21.1. The average Bonchev–Trinajstić information content (AvgIpc) is 2.19. The van der Waals surface area contributed by atoms with Crippen LogP contribution in [0.2, 0.25) is 0 Å². The molecule has 0 atom stereocenters. The van der Waals surface area contributed by atoms with Crippen molar-refractivity contribution in [1.29, 1.82) is 0 Å². The first-order valence-electron chi connectivity index (χ1n) is 3.69. The van der Waals surface area contributed by atoms with Crippen LogP contribution >= 0.6 is 11.6 Å². The van der Waals surface area contributed by atoms with Crippen LogP contribution in [0.4, 0.5) is 0 Å². The van der Waals surface area contributed by atoms with E-state index in [1.807, 2.05) is 0 Å². The first kappa shape index (κ1) is 10.5. The first-order valence-corrected chi connectivity index (χ1v) is 4.07. The Balaban J connectivity index is 2.69. The SMILES string of the molecule is COc1ccc(OC(=O)C(=O)Cl)cc1. The average molecular weight is 215 g/mol. The largest absolute Gasteiger partial charge is 0.497 e. The zero-order valence-electron chi connectivity index (χ0n) is 7.32. The molecule has 4 nitrogen and oxygen atoms in total. The molecule has 5 heteroatoms. The van der Waals surface area contributed by atoms with Gasteiger partial charge in [-0.15, -0.1) is 0 Å². The quantitative estimate of drug-likeness (QED) is 0.330. The van der Waals surface area contributed by atoms with Gasteiger partial charge in [-0.05, 0) is 35.9 Å². The third kappa shape index (κ3) is 2.74. The lowest BCUT2D eigenvalue weighted by molar-refractivity contribution is -0.143. The normalized spacial score (nSPS) is 9.29. The van der Waals surface area contributed by atoms with Crippen LogP contribution in [0.25, 0.3) is 0 Å². The van der Waals surface area contributed by atoms with Crippen LogP contribution in [-0.4, -0.2) is 18.3 Å². The number of methoxy groups -OCH3 is 1. The summed E-state index contributed by atoms with van der Waals surface area (Å²) < 4.78 is 9.49. The van der Waals surface area contributed by atoms with Gasteiger partial charge in [0.25, 0.3) is 0 Å². The second-order valence-corrected chi connectivity index (χ2v) is 2.68. The van der Waals surface area contributed by atoms with Gasteiger partial charge in [-0.3, -0.25) is 4.79 Å². The number of carbonyl (C=O) groups excluding carboxylic acids is 2. The van der Waals surface area contributed by atoms with Gasteiger partial charge in [0.1, 0.15) is 11.5 Å². The van der Waals surface area contributed by atoms with Crippen LogP contribution in [0.3, 0.4) is 0 Å². The Morgan fingerprint density at radius 3 is 2.07 bits per heavy atom. The van der Waals surface area contributed by atoms with E-state index in [1.54, 1.807) is 12.1 Å². The van der Waals surface area contributed by atoms with Crippen molar-refractivity contribution in [3.05, 3.63) is 24.3 Å². The maximum Gasteiger partial charge on any atom is 0.396 e. The summed E-state index contributed by atoms with van der Waals surface area (Å²) in [6.07, 6.45) is 0. The lowest BCUT2D eigenvalue weighted by Crippen LogP contribution is -2.14. The monoisotopic (exact) mass is 214 g/mol. The van der Waals surface area contributed by atoms with Crippen LogP contribution in [0.15, 0.2) is 24.3 Å². The van der Waals surface area contributed by atoms with E-state index in [9.17, 15) is 9.59 Å². The van der Waals surface area contributed by atoms with Crippen molar-refractivity contribution < 1.29 is 19.1 Å². The van der Waals surface area contributed by atoms with Crippen molar-refractivity contribution in [2.45, 2.75) is 0 Å². The Hall–Kier alpha value is -1.55. The zero-order valence-corrected chi connectivity index (χ0v) is 8.08. The maximum atomic E-state index is 10.7. The molecule has 0 aliphatic carbocycles. The van der Waals surface area contributed by atoms with Crippen LogP contribution in [0, 0.1) is 0 Å². The molecule has 1 rings (SSSR count). The Morgan fingerprint density at radius 2 is 1.64 bits per heavy atom. The number of ether oxygens (including phenoxy) is 2. The fraction of sp³-hybridized carbons (Fsp3) is 0.111. The van der Waals surface area contributed by atoms with Gasteiger partial charge in [0.15, 0.2) is 0 Å². The molecule has 1 aromatic rings. The Morgan fingerprint density at radius 1 is 1.14 bits per heavy atom. The lowest BCUT2D eigenvalue weighted by atomic mass is 10.3. The number of rotatable bonds is 3. The number of carbonyl (C=O) groups is 2. The van der Waals surface area contributed by atoms with E-state index in [1.165, 1.54) is 19.2 Å². The van der Waals surface area contributed by atoms with Crippen LogP contribution < -0.4 is 9.47 Å². The fourth-order valence-corrected chi connectivity index (χ4v) is 0.830. The zero-order chi connectivity index (χ0) is 10.6. The molecule has 0 aliphatic heterocycles. The van der Waals surface area contributed by atoms with E-state index < -0.39 is 11.2 Å². The van der Waals surface area contributed by atoms with E-state index in [0.717, 1.165) is 0 Å². The van der Waals surface area contributed by atoms with E-state index >= 15 is 0 Å². The molecule has 0 N–H and O–H groups in total. The summed E-state index contributed by atoms with van der Waals surface area (Å²) in [7, 11) is 1.52. The number of esters is 1. The van der Waals surface area contributed by atoms with E-state index in [4.69, 9.17) is 16.3 Å². The van der Waals surface area contributed by atoms with Gasteiger partial charge in [0, 0.05) is 0 Å². The highest BCUT2D eigenvalue weighted by Gasteiger charge is 2.12. The second-order valence-electron chi connectivity index (χ2n) is 2.34. The molecule has 0 amide bonds. The summed E-state index contributed by atoms with van der Waals surface area (Å²) in [5.41, 5.74) is 0. The summed E-state index contributed by atoms with van der Waals surface area (Å²) in [6, 6.07) is 6.19.